The van der Waals surface area contributed by atoms with Crippen molar-refractivity contribution < 1.29 is 14.6 Å². The van der Waals surface area contributed by atoms with Crippen LogP contribution in [0.5, 0.6) is 17.2 Å². The van der Waals surface area contributed by atoms with E-state index in [9.17, 15) is 5.11 Å². The van der Waals surface area contributed by atoms with Crippen molar-refractivity contribution in [2.45, 2.75) is 6.92 Å². The predicted octanol–water partition coefficient (Wildman–Crippen LogP) is 3.96. The third-order valence-corrected chi connectivity index (χ3v) is 4.25. The minimum atomic E-state index is 0.149. The Balaban J connectivity index is 1.87. The van der Waals surface area contributed by atoms with E-state index in [0.717, 1.165) is 5.39 Å². The average molecular weight is 344 g/mol. The van der Waals surface area contributed by atoms with Gasteiger partial charge in [-0.3, -0.25) is 4.98 Å². The molecule has 24 heavy (non-hydrogen) atoms. The number of aromatic hydroxyl groups is 1. The molecule has 2 aromatic carbocycles. The molecule has 122 valence electrons. The van der Waals surface area contributed by atoms with Gasteiger partial charge in [-0.1, -0.05) is 11.6 Å². The Labute approximate surface area is 142 Å². The summed E-state index contributed by atoms with van der Waals surface area (Å²) in [5.74, 6) is 1.43. The molecule has 1 aliphatic rings. The fourth-order valence-corrected chi connectivity index (χ4v) is 2.89. The lowest BCUT2D eigenvalue weighted by Gasteiger charge is -2.15. The Bertz CT molecular complexity index is 975. The van der Waals surface area contributed by atoms with E-state index >= 15 is 0 Å². The molecule has 0 saturated heterocycles. The van der Waals surface area contributed by atoms with Crippen LogP contribution in [0.1, 0.15) is 5.56 Å². The van der Waals surface area contributed by atoms with Crippen molar-refractivity contribution in [2.75, 3.05) is 17.8 Å². The number of halogens is 1. The molecule has 0 spiro atoms. The summed E-state index contributed by atoms with van der Waals surface area (Å²) in [5, 5.41) is 14.4. The molecule has 1 aliphatic heterocycles. The van der Waals surface area contributed by atoms with Crippen LogP contribution in [0.15, 0.2) is 30.5 Å². The number of anilines is 3. The van der Waals surface area contributed by atoms with Crippen LogP contribution in [0.25, 0.3) is 10.9 Å². The van der Waals surface area contributed by atoms with E-state index in [4.69, 9.17) is 26.8 Å². The quantitative estimate of drug-likeness (QED) is 0.652. The number of nitrogen functional groups attached to an aromatic ring is 1. The summed E-state index contributed by atoms with van der Waals surface area (Å²) in [6.45, 7) is 1.96. The van der Waals surface area contributed by atoms with Crippen LogP contribution in [0, 0.1) is 6.92 Å². The molecule has 0 aliphatic carbocycles. The van der Waals surface area contributed by atoms with Crippen LogP contribution in [-0.2, 0) is 0 Å². The number of phenolic OH excluding ortho intramolecular Hbond substituents is 1. The first-order valence-electron chi connectivity index (χ1n) is 7.27. The van der Waals surface area contributed by atoms with Crippen molar-refractivity contribution in [2.24, 2.45) is 0 Å². The van der Waals surface area contributed by atoms with E-state index < -0.39 is 0 Å². The van der Waals surface area contributed by atoms with Gasteiger partial charge in [-0.25, -0.2) is 0 Å². The molecule has 0 saturated carbocycles. The normalized spacial score (nSPS) is 12.6. The molecular weight excluding hydrogens is 330 g/mol. The second kappa shape index (κ2) is 5.35. The van der Waals surface area contributed by atoms with Crippen LogP contribution in [0.4, 0.5) is 17.1 Å². The molecule has 2 heterocycles. The van der Waals surface area contributed by atoms with Crippen LogP contribution < -0.4 is 20.5 Å². The van der Waals surface area contributed by atoms with Gasteiger partial charge in [0.25, 0.3) is 0 Å². The van der Waals surface area contributed by atoms with Gasteiger partial charge in [0.15, 0.2) is 11.5 Å². The highest BCUT2D eigenvalue weighted by Crippen LogP contribution is 2.41. The smallest absolute Gasteiger partial charge is 0.231 e. The maximum absolute atomic E-state index is 9.93. The van der Waals surface area contributed by atoms with Crippen LogP contribution in [0.2, 0.25) is 5.02 Å². The summed E-state index contributed by atoms with van der Waals surface area (Å²) < 4.78 is 10.8. The first-order valence-corrected chi connectivity index (χ1v) is 7.64. The highest BCUT2D eigenvalue weighted by Gasteiger charge is 2.18. The van der Waals surface area contributed by atoms with Crippen molar-refractivity contribution in [3.63, 3.8) is 0 Å². The SMILES string of the molecule is Cc1cc(Cl)c(Nc2c(N)cnc3cc4c(cc23)OCO4)cc1O. The number of benzene rings is 2. The van der Waals surface area contributed by atoms with Gasteiger partial charge in [0.2, 0.25) is 6.79 Å². The Kier molecular flexibility index (Phi) is 3.28. The zero-order valence-electron chi connectivity index (χ0n) is 12.8. The van der Waals surface area contributed by atoms with Gasteiger partial charge in [-0.2, -0.15) is 0 Å². The average Bonchev–Trinajstić information content (AvgIpc) is 3.00. The van der Waals surface area contributed by atoms with E-state index in [2.05, 4.69) is 10.3 Å². The molecule has 3 aromatic rings. The summed E-state index contributed by atoms with van der Waals surface area (Å²) in [6, 6.07) is 6.88. The second-order valence-corrected chi connectivity index (χ2v) is 5.96. The number of hydrogen-bond acceptors (Lipinski definition) is 6. The Hall–Kier alpha value is -2.86. The molecule has 0 atom stereocenters. The third-order valence-electron chi connectivity index (χ3n) is 3.94. The number of rotatable bonds is 2. The largest absolute Gasteiger partial charge is 0.508 e. The molecular formula is C17H14ClN3O3. The first kappa shape index (κ1) is 14.7. The monoisotopic (exact) mass is 343 g/mol. The van der Waals surface area contributed by atoms with Gasteiger partial charge < -0.3 is 25.6 Å². The molecule has 0 amide bonds. The summed E-state index contributed by atoms with van der Waals surface area (Å²) in [5.41, 5.74) is 9.15. The van der Waals surface area contributed by atoms with E-state index in [1.807, 2.05) is 6.07 Å². The standard InChI is InChI=1S/C17H14ClN3O3/c1-8-2-10(18)13(4-14(8)22)21-17-9-3-15-16(24-7-23-15)5-12(9)20-6-11(17)19/h2-6,22H,7,19H2,1H3,(H,20,21). The summed E-state index contributed by atoms with van der Waals surface area (Å²) in [7, 11) is 0. The van der Waals surface area contributed by atoms with E-state index in [-0.39, 0.29) is 12.5 Å². The van der Waals surface area contributed by atoms with Crippen LogP contribution in [0.3, 0.4) is 0 Å². The number of nitrogens with two attached hydrogens (primary N) is 1. The van der Waals surface area contributed by atoms with E-state index in [0.29, 0.717) is 44.7 Å². The van der Waals surface area contributed by atoms with Gasteiger partial charge >= 0.3 is 0 Å². The zero-order chi connectivity index (χ0) is 16.8. The number of hydrogen-bond donors (Lipinski definition) is 3. The summed E-state index contributed by atoms with van der Waals surface area (Å²) in [4.78, 5) is 4.33. The van der Waals surface area contributed by atoms with Crippen molar-refractivity contribution in [3.8, 4) is 17.2 Å². The number of aromatic nitrogens is 1. The second-order valence-electron chi connectivity index (χ2n) is 5.55. The third kappa shape index (κ3) is 2.32. The first-order chi connectivity index (χ1) is 11.5. The number of ether oxygens (including phenoxy) is 2. The van der Waals surface area contributed by atoms with Gasteiger partial charge in [0.05, 0.1) is 33.8 Å². The maximum atomic E-state index is 9.93. The number of phenols is 1. The van der Waals surface area contributed by atoms with Crippen molar-refractivity contribution in [3.05, 3.63) is 41.0 Å². The molecule has 4 rings (SSSR count). The zero-order valence-corrected chi connectivity index (χ0v) is 13.5. The minimum absolute atomic E-state index is 0.149. The van der Waals surface area contributed by atoms with Crippen molar-refractivity contribution in [1.29, 1.82) is 0 Å². The summed E-state index contributed by atoms with van der Waals surface area (Å²) >= 11 is 6.27. The highest BCUT2D eigenvalue weighted by molar-refractivity contribution is 6.33. The van der Waals surface area contributed by atoms with Gasteiger partial charge in [0, 0.05) is 17.5 Å². The lowest BCUT2D eigenvalue weighted by Crippen LogP contribution is -1.99. The number of aryl methyl sites for hydroxylation is 1. The number of nitrogens with zero attached hydrogens (tertiary/aromatic N) is 1. The molecule has 0 bridgehead atoms. The molecule has 0 radical (unpaired) electrons. The Morgan fingerprint density at radius 3 is 2.75 bits per heavy atom. The fraction of sp³-hybridized carbons (Fsp3) is 0.118. The Morgan fingerprint density at radius 1 is 1.21 bits per heavy atom. The molecule has 4 N–H and O–H groups in total. The maximum Gasteiger partial charge on any atom is 0.231 e. The molecule has 0 fully saturated rings. The number of pyridine rings is 1. The Morgan fingerprint density at radius 2 is 1.96 bits per heavy atom. The van der Waals surface area contributed by atoms with E-state index in [1.54, 1.807) is 31.3 Å². The molecule has 6 nitrogen and oxygen atoms in total. The lowest BCUT2D eigenvalue weighted by atomic mass is 10.1. The number of nitrogens with one attached hydrogen (secondary N) is 1. The predicted molar refractivity (Wildman–Crippen MR) is 93.4 cm³/mol. The van der Waals surface area contributed by atoms with Crippen LogP contribution in [-0.4, -0.2) is 16.9 Å². The lowest BCUT2D eigenvalue weighted by molar-refractivity contribution is 0.174. The molecule has 7 heteroatoms. The minimum Gasteiger partial charge on any atom is -0.508 e. The fourth-order valence-electron chi connectivity index (χ4n) is 2.63. The van der Waals surface area contributed by atoms with Gasteiger partial charge in [0.1, 0.15) is 5.75 Å². The van der Waals surface area contributed by atoms with Gasteiger partial charge in [-0.05, 0) is 24.6 Å². The van der Waals surface area contributed by atoms with Crippen molar-refractivity contribution in [1.82, 2.24) is 4.98 Å². The van der Waals surface area contributed by atoms with Crippen molar-refractivity contribution >= 4 is 39.6 Å². The topological polar surface area (TPSA) is 89.6 Å². The highest BCUT2D eigenvalue weighted by atomic mass is 35.5. The van der Waals surface area contributed by atoms with Crippen LogP contribution >= 0.6 is 11.6 Å². The number of fused-ring (bicyclic) bond motifs is 2. The van der Waals surface area contributed by atoms with E-state index in [1.165, 1.54) is 0 Å². The van der Waals surface area contributed by atoms with Gasteiger partial charge in [-0.15, -0.1) is 0 Å². The molecule has 0 unspecified atom stereocenters. The summed E-state index contributed by atoms with van der Waals surface area (Å²) in [6.07, 6.45) is 1.56. The molecule has 1 aromatic heterocycles.